The third kappa shape index (κ3) is 13.3. The number of halogens is 1. The summed E-state index contributed by atoms with van der Waals surface area (Å²) in [6, 6.07) is 5.19. The molecule has 1 aromatic carbocycles. The highest BCUT2D eigenvalue weighted by Gasteiger charge is 2.52. The highest BCUT2D eigenvalue weighted by atomic mass is 32.2. The molecular weight excluding hydrogens is 904 g/mol. The number of piperidine rings is 1. The summed E-state index contributed by atoms with van der Waals surface area (Å²) in [5.74, 6) is -4.99. The number of aromatic nitrogens is 3. The molecule has 0 saturated carbocycles. The molecule has 4 heterocycles. The summed E-state index contributed by atoms with van der Waals surface area (Å²) in [5.41, 5.74) is -1.45. The number of hydrogen-bond acceptors (Lipinski definition) is 17. The Kier molecular flexibility index (Phi) is 19.3. The number of esters is 1. The molecule has 4 N–H and O–H groups in total. The van der Waals surface area contributed by atoms with Gasteiger partial charge in [-0.1, -0.05) is 50.2 Å². The van der Waals surface area contributed by atoms with Crippen LogP contribution < -0.4 is 5.32 Å². The van der Waals surface area contributed by atoms with Gasteiger partial charge in [0.05, 0.1) is 46.3 Å². The van der Waals surface area contributed by atoms with Crippen LogP contribution >= 0.6 is 0 Å². The lowest BCUT2D eigenvalue weighted by Gasteiger charge is -2.47. The SMILES string of the molecule is CC[C@H]1OC(=O)[C@H](C)C(=O)[C@H](C)[C@@H](O[C@@H]2O[C@H](C)C[C@H](N(C)CCc3cn([C@H](CF)Cc4ccc(S(C)(=O)=O)cc4)nn3)[C@H]2O)[C@](C)(OC)C[C@@H](C)/C(=N\O[C@@H]2CCCNC2)[C@H](C)[C@@H](O)[C@]1(C)O. The van der Waals surface area contributed by atoms with Crippen LogP contribution in [-0.4, -0.2) is 168 Å². The zero-order chi connectivity index (χ0) is 50.3. The van der Waals surface area contributed by atoms with E-state index in [0.717, 1.165) is 31.2 Å². The number of Topliss-reactive ketones (excluding diaryl/α,β-unsaturated/α-hetero) is 1. The second-order valence-electron chi connectivity index (χ2n) is 19.9. The number of nitrogens with zero attached hydrogens (tertiary/aromatic N) is 5. The quantitative estimate of drug-likeness (QED) is 0.113. The molecule has 68 heavy (non-hydrogen) atoms. The topological polar surface area (TPSA) is 233 Å². The summed E-state index contributed by atoms with van der Waals surface area (Å²) >= 11 is 0. The molecule has 0 unspecified atom stereocenters. The first-order chi connectivity index (χ1) is 31.9. The summed E-state index contributed by atoms with van der Waals surface area (Å²) in [4.78, 5) is 36.5. The highest BCUT2D eigenvalue weighted by molar-refractivity contribution is 7.90. The summed E-state index contributed by atoms with van der Waals surface area (Å²) in [7, 11) is -0.00458. The molecular formula is C48H77FN6O12S. The standard InChI is InChI=1S/C48H77FN6O12S/c1-12-39-48(8,60)43(58)30(4)40(52-67-36-14-13-20-50-26-36)28(2)24-47(7,63-10)44(31(5)41(56)32(6)45(59)65-39)66-46-42(57)38(22-29(3)64-46)54(9)21-19-34-27-55(53-51-34)35(25-49)23-33-15-17-37(18-16-33)68(11,61)62/h15-18,27-32,35-36,38-39,42-44,46,50,57-58,60H,12-14,19-26H2,1-11H3/b52-40+/t28-,29-,30+,31+,32-,35+,36-,38+,39-,42-,43-,44-,46+,47-,48-/m1/s1. The zero-order valence-corrected chi connectivity index (χ0v) is 42.5. The maximum atomic E-state index is 14.5. The molecule has 3 aliphatic rings. The van der Waals surface area contributed by atoms with Crippen LogP contribution in [-0.2, 0) is 56.1 Å². The Bertz CT molecular complexity index is 2100. The van der Waals surface area contributed by atoms with E-state index < -0.39 is 112 Å². The molecule has 3 fully saturated rings. The average Bonchev–Trinajstić information content (AvgIpc) is 3.79. The fraction of sp³-hybridized carbons (Fsp3) is 0.771. The third-order valence-electron chi connectivity index (χ3n) is 14.5. The molecule has 0 amide bonds. The van der Waals surface area contributed by atoms with Gasteiger partial charge in [-0.25, -0.2) is 17.5 Å². The van der Waals surface area contributed by atoms with Crippen molar-refractivity contribution in [2.75, 3.05) is 46.7 Å². The number of carbonyl (C=O) groups excluding carboxylic acids is 2. The lowest BCUT2D eigenvalue weighted by Crippen LogP contribution is -2.60. The number of aliphatic hydroxyl groups is 3. The van der Waals surface area contributed by atoms with Crippen LogP contribution in [0, 0.1) is 23.7 Å². The van der Waals surface area contributed by atoms with Crippen molar-refractivity contribution in [3.05, 3.63) is 41.7 Å². The van der Waals surface area contributed by atoms with E-state index in [1.807, 2.05) is 25.8 Å². The summed E-state index contributed by atoms with van der Waals surface area (Å²) in [6.45, 7) is 14.7. The Balaban J connectivity index is 1.38. The van der Waals surface area contributed by atoms with Crippen LogP contribution in [0.4, 0.5) is 4.39 Å². The predicted octanol–water partition coefficient (Wildman–Crippen LogP) is 3.64. The first-order valence-electron chi connectivity index (χ1n) is 24.0. The molecule has 0 aliphatic carbocycles. The Morgan fingerprint density at radius 1 is 1.10 bits per heavy atom. The average molecular weight is 981 g/mol. The Hall–Kier alpha value is -3.47. The minimum Gasteiger partial charge on any atom is -0.459 e. The smallest absolute Gasteiger partial charge is 0.316 e. The molecule has 5 rings (SSSR count). The van der Waals surface area contributed by atoms with E-state index in [9.17, 15) is 37.7 Å². The van der Waals surface area contributed by atoms with Crippen molar-refractivity contribution in [2.45, 2.75) is 171 Å². The van der Waals surface area contributed by atoms with Gasteiger partial charge in [0, 0.05) is 62.9 Å². The minimum absolute atomic E-state index is 0.149. The van der Waals surface area contributed by atoms with Crippen molar-refractivity contribution < 1.29 is 61.5 Å². The van der Waals surface area contributed by atoms with Gasteiger partial charge in [0.1, 0.15) is 36.5 Å². The molecule has 1 aromatic heterocycles. The van der Waals surface area contributed by atoms with Crippen molar-refractivity contribution in [3.8, 4) is 0 Å². The second-order valence-corrected chi connectivity index (χ2v) is 21.9. The minimum atomic E-state index is -3.37. The van der Waals surface area contributed by atoms with Gasteiger partial charge in [0.15, 0.2) is 21.9 Å². The van der Waals surface area contributed by atoms with Gasteiger partial charge in [-0.05, 0) is 97.5 Å². The van der Waals surface area contributed by atoms with E-state index in [0.29, 0.717) is 37.3 Å². The van der Waals surface area contributed by atoms with E-state index in [1.165, 1.54) is 37.8 Å². The molecule has 2 aromatic rings. The monoisotopic (exact) mass is 981 g/mol. The molecule has 0 radical (unpaired) electrons. The van der Waals surface area contributed by atoms with E-state index in [1.54, 1.807) is 46.0 Å². The lowest BCUT2D eigenvalue weighted by atomic mass is 9.74. The normalized spacial score (nSPS) is 36.0. The maximum absolute atomic E-state index is 14.5. The number of methoxy groups -OCH3 is 1. The fourth-order valence-electron chi connectivity index (χ4n) is 10.0. The molecule has 20 heteroatoms. The van der Waals surface area contributed by atoms with Crippen LogP contribution in [0.2, 0.25) is 0 Å². The van der Waals surface area contributed by atoms with E-state index in [2.05, 4.69) is 20.8 Å². The Labute approximate surface area is 401 Å². The maximum Gasteiger partial charge on any atom is 0.316 e. The van der Waals surface area contributed by atoms with Crippen LogP contribution in [0.1, 0.15) is 105 Å². The van der Waals surface area contributed by atoms with Gasteiger partial charge in [0.25, 0.3) is 0 Å². The number of hydrogen-bond donors (Lipinski definition) is 4. The van der Waals surface area contributed by atoms with Crippen LogP contribution in [0.25, 0.3) is 0 Å². The van der Waals surface area contributed by atoms with E-state index >= 15 is 0 Å². The molecule has 384 valence electrons. The molecule has 3 saturated heterocycles. The van der Waals surface area contributed by atoms with Crippen molar-refractivity contribution in [3.63, 3.8) is 0 Å². The largest absolute Gasteiger partial charge is 0.459 e. The van der Waals surface area contributed by atoms with Gasteiger partial charge in [-0.15, -0.1) is 5.10 Å². The number of rotatable bonds is 15. The summed E-state index contributed by atoms with van der Waals surface area (Å²) < 4.78 is 64.9. The van der Waals surface area contributed by atoms with Gasteiger partial charge in [0.2, 0.25) is 0 Å². The van der Waals surface area contributed by atoms with E-state index in [4.69, 9.17) is 23.8 Å². The van der Waals surface area contributed by atoms with Crippen LogP contribution in [0.3, 0.4) is 0 Å². The van der Waals surface area contributed by atoms with Crippen molar-refractivity contribution in [2.24, 2.45) is 28.8 Å². The number of benzene rings is 1. The lowest BCUT2D eigenvalue weighted by molar-refractivity contribution is -0.295. The van der Waals surface area contributed by atoms with Crippen molar-refractivity contribution in [1.82, 2.24) is 25.2 Å². The number of ether oxygens (including phenoxy) is 4. The number of carbonyl (C=O) groups is 2. The number of aliphatic hydroxyl groups excluding tert-OH is 2. The first-order valence-corrected chi connectivity index (χ1v) is 25.9. The molecule has 18 nitrogen and oxygen atoms in total. The number of nitrogens with one attached hydrogen (secondary N) is 1. The third-order valence-corrected chi connectivity index (χ3v) is 15.6. The van der Waals surface area contributed by atoms with Gasteiger partial charge < -0.3 is 49.3 Å². The Morgan fingerprint density at radius 3 is 2.40 bits per heavy atom. The number of ketones is 1. The number of alkyl halides is 1. The van der Waals surface area contributed by atoms with E-state index in [-0.39, 0.29) is 30.3 Å². The summed E-state index contributed by atoms with van der Waals surface area (Å²) in [6.07, 6.45) is -0.877. The zero-order valence-electron chi connectivity index (χ0n) is 41.7. The number of oxime groups is 1. The number of likely N-dealkylation sites (N-methyl/N-ethyl adjacent to an activating group) is 1. The van der Waals surface area contributed by atoms with Crippen LogP contribution in [0.15, 0.2) is 40.5 Å². The number of cyclic esters (lactones) is 1. The van der Waals surface area contributed by atoms with Crippen LogP contribution in [0.5, 0.6) is 0 Å². The number of sulfone groups is 1. The van der Waals surface area contributed by atoms with Crippen molar-refractivity contribution in [1.29, 1.82) is 0 Å². The molecule has 0 spiro atoms. The molecule has 0 bridgehead atoms. The first kappa shape index (κ1) is 55.5. The highest BCUT2D eigenvalue weighted by Crippen LogP contribution is 2.39. The van der Waals surface area contributed by atoms with Gasteiger partial charge in [-0.2, -0.15) is 0 Å². The van der Waals surface area contributed by atoms with Crippen molar-refractivity contribution >= 4 is 27.3 Å². The fourth-order valence-corrected chi connectivity index (χ4v) is 10.6. The van der Waals surface area contributed by atoms with Gasteiger partial charge >= 0.3 is 5.97 Å². The predicted molar refractivity (Wildman–Crippen MR) is 251 cm³/mol. The Morgan fingerprint density at radius 2 is 1.79 bits per heavy atom. The molecule has 15 atom stereocenters. The van der Waals surface area contributed by atoms with Gasteiger partial charge in [-0.3, -0.25) is 9.59 Å². The second kappa shape index (κ2) is 23.6. The summed E-state index contributed by atoms with van der Waals surface area (Å²) in [5, 5.41) is 52.3. The molecule has 3 aliphatic heterocycles.